The van der Waals surface area contributed by atoms with Crippen molar-refractivity contribution in [2.75, 3.05) is 153 Å². The standard InChI is InChI=1S/C10H22NO7P.4C7H16NO7P/c1-9(12)16-7-10(13)8-18-19(14,15)17-6-5-11(2,3)4;4*1-6(9)13-4-7(10)5-15-16(11,12)14-3-2-8/h10,13H,5-8H2,1-4H3;4*7,10H,2-5,8H2,1H3,(H,11,12). The number of hydrogen-bond acceptors (Lipinski definition) is 35. The molecule has 0 fully saturated rings. The minimum Gasteiger partial charge on any atom is -0.756 e. The predicted octanol–water partition coefficient (Wildman–Crippen LogP) is -10.3. The molecule has 0 aliphatic carbocycles. The van der Waals surface area contributed by atoms with Crippen molar-refractivity contribution in [3.8, 4) is 0 Å². The molecule has 0 aromatic heterocycles. The van der Waals surface area contributed by atoms with Crippen LogP contribution in [0, 0.1) is 0 Å². The van der Waals surface area contributed by atoms with Gasteiger partial charge in [-0.05, 0) is 0 Å². The number of aliphatic hydroxyl groups is 5. The minimum absolute atomic E-state index is 0.00960. The van der Waals surface area contributed by atoms with E-state index in [1.54, 1.807) is 0 Å². The van der Waals surface area contributed by atoms with Gasteiger partial charge in [-0.25, -0.2) is 0 Å². The number of nitrogens with zero attached hydrogens (tertiary/aromatic N) is 1. The zero-order chi connectivity index (χ0) is 65.5. The maximum Gasteiger partial charge on any atom is 0.302 e. The number of likely N-dealkylation sites (N-methyl/N-ethyl adjacent to an activating group) is 1. The van der Waals surface area contributed by atoms with Crippen LogP contribution in [0.15, 0.2) is 0 Å². The van der Waals surface area contributed by atoms with Gasteiger partial charge in [0.2, 0.25) is 0 Å². The second-order valence-electron chi connectivity index (χ2n) is 16.6. The van der Waals surface area contributed by atoms with Gasteiger partial charge in [-0.2, -0.15) is 0 Å². The fourth-order valence-corrected chi connectivity index (χ4v) is 7.38. The first-order valence-electron chi connectivity index (χ1n) is 24.1. The number of carbonyl (C=O) groups is 5. The van der Waals surface area contributed by atoms with E-state index in [2.05, 4.69) is 91.9 Å². The van der Waals surface area contributed by atoms with E-state index in [-0.39, 0.29) is 92.2 Å². The van der Waals surface area contributed by atoms with Crippen molar-refractivity contribution >= 4 is 69.0 Å². The summed E-state index contributed by atoms with van der Waals surface area (Å²) in [5.74, 6) is -2.85. The lowest BCUT2D eigenvalue weighted by Crippen LogP contribution is -2.52. The van der Waals surface area contributed by atoms with Crippen LogP contribution in [0.2, 0.25) is 0 Å². The van der Waals surface area contributed by atoms with Crippen molar-refractivity contribution in [2.45, 2.75) is 65.1 Å². The van der Waals surface area contributed by atoms with Crippen LogP contribution in [-0.2, 0) is 116 Å². The number of esters is 5. The van der Waals surface area contributed by atoms with E-state index < -0.39 is 133 Å². The number of phosphoric acid groups is 5. The molecule has 0 saturated heterocycles. The molecular weight excluding hydrogens is 1240 g/mol. The van der Waals surface area contributed by atoms with Gasteiger partial charge < -0.3 is 146 Å². The largest absolute Gasteiger partial charge is 0.756 e. The van der Waals surface area contributed by atoms with Gasteiger partial charge in [0.15, 0.2) is 0 Å². The Balaban J connectivity index is -0.000000306. The second kappa shape index (κ2) is 50.5. The van der Waals surface area contributed by atoms with Gasteiger partial charge >= 0.3 is 29.8 Å². The third-order valence-corrected chi connectivity index (χ3v) is 11.9. The van der Waals surface area contributed by atoms with Crippen LogP contribution < -0.4 is 47.4 Å². The molecular formula is C38H86N5O35P5. The van der Waals surface area contributed by atoms with Crippen LogP contribution >= 0.6 is 39.1 Å². The molecule has 498 valence electrons. The highest BCUT2D eigenvalue weighted by Gasteiger charge is 2.19. The fourth-order valence-electron chi connectivity index (χ4n) is 3.51. The molecule has 0 aromatic rings. The van der Waals surface area contributed by atoms with Crippen LogP contribution in [0.4, 0.5) is 0 Å². The number of quaternary nitrogens is 5. The maximum absolute atomic E-state index is 11.3. The summed E-state index contributed by atoms with van der Waals surface area (Å²) in [6.07, 6.45) is -6.07. The molecule has 45 heteroatoms. The van der Waals surface area contributed by atoms with Gasteiger partial charge in [0.1, 0.15) is 103 Å². The molecule has 40 nitrogen and oxygen atoms in total. The first-order chi connectivity index (χ1) is 38.0. The zero-order valence-electron chi connectivity index (χ0n) is 47.5. The average Bonchev–Trinajstić information content (AvgIpc) is 3.37. The van der Waals surface area contributed by atoms with E-state index in [0.717, 1.165) is 0 Å². The van der Waals surface area contributed by atoms with Crippen LogP contribution in [0.5, 0.6) is 0 Å². The number of hydrogen-bond donors (Lipinski definition) is 9. The molecule has 0 aliphatic heterocycles. The summed E-state index contributed by atoms with van der Waals surface area (Å²) in [4.78, 5) is 107. The van der Waals surface area contributed by atoms with E-state index in [1.165, 1.54) is 34.6 Å². The van der Waals surface area contributed by atoms with Crippen molar-refractivity contribution in [2.24, 2.45) is 0 Å². The first-order valence-corrected chi connectivity index (χ1v) is 31.4. The molecule has 0 bridgehead atoms. The number of rotatable bonds is 41. The predicted molar refractivity (Wildman–Crippen MR) is 265 cm³/mol. The molecule has 10 atom stereocenters. The summed E-state index contributed by atoms with van der Waals surface area (Å²) in [5.41, 5.74) is 13.5. The number of phosphoric ester groups is 5. The summed E-state index contributed by atoms with van der Waals surface area (Å²) in [6.45, 7) is 2.90. The molecule has 0 saturated carbocycles. The molecule has 0 aliphatic rings. The number of carbonyl (C=O) groups excluding carboxylic acids is 5. The van der Waals surface area contributed by atoms with Gasteiger partial charge in [-0.3, -0.25) is 46.8 Å². The Bertz CT molecular complexity index is 1790. The summed E-state index contributed by atoms with van der Waals surface area (Å²) in [6, 6.07) is 0. The van der Waals surface area contributed by atoms with Crippen LogP contribution in [0.3, 0.4) is 0 Å². The Morgan fingerprint density at radius 3 is 0.627 bits per heavy atom. The smallest absolute Gasteiger partial charge is 0.302 e. The van der Waals surface area contributed by atoms with Crippen LogP contribution in [0.1, 0.15) is 34.6 Å². The molecule has 0 spiro atoms. The first kappa shape index (κ1) is 89.3. The molecule has 0 heterocycles. The van der Waals surface area contributed by atoms with Crippen molar-refractivity contribution < 1.29 is 193 Å². The van der Waals surface area contributed by atoms with Crippen LogP contribution in [0.25, 0.3) is 0 Å². The zero-order valence-corrected chi connectivity index (χ0v) is 52.0. The molecule has 0 aromatic carbocycles. The maximum atomic E-state index is 11.3. The Hall–Kier alpha value is -2.50. The van der Waals surface area contributed by atoms with E-state index in [4.69, 9.17) is 20.4 Å². The third-order valence-electron chi connectivity index (χ3n) is 7.11. The fraction of sp³-hybridized carbons (Fsp3) is 0.868. The van der Waals surface area contributed by atoms with Gasteiger partial charge in [0.05, 0.1) is 80.4 Å². The van der Waals surface area contributed by atoms with Crippen molar-refractivity contribution in [1.29, 1.82) is 0 Å². The highest BCUT2D eigenvalue weighted by atomic mass is 31.2. The quantitative estimate of drug-likeness (QED) is 0.0119. The van der Waals surface area contributed by atoms with Crippen LogP contribution in [-0.4, -0.2) is 243 Å². The summed E-state index contributed by atoms with van der Waals surface area (Å²) in [7, 11) is -16.4. The SMILES string of the molecule is CC(=O)OCC(O)COP(=O)([O-])OCC[N+](C)(C)C.CC(=O)OCC(O)COP(=O)([O-])OCC[NH3+].CC(=O)OCC(O)COP(=O)([O-])OCC[NH3+].CC(=O)OCC(O)COP(=O)([O-])OCC[NH3+].CC(=O)OCC(O)COP(=O)([O-])OCC[NH3+]. The lowest BCUT2D eigenvalue weighted by atomic mass is 10.4. The molecule has 17 N–H and O–H groups in total. The normalized spacial score (nSPS) is 16.6. The molecule has 83 heavy (non-hydrogen) atoms. The third kappa shape index (κ3) is 73.7. The highest BCUT2D eigenvalue weighted by molar-refractivity contribution is 7.46. The summed E-state index contributed by atoms with van der Waals surface area (Å²) in [5, 5.41) is 45.9. The Labute approximate surface area is 479 Å². The Morgan fingerprint density at radius 1 is 0.337 bits per heavy atom. The lowest BCUT2D eigenvalue weighted by Gasteiger charge is -2.27. The highest BCUT2D eigenvalue weighted by Crippen LogP contribution is 2.40. The monoisotopic (exact) mass is 1330 g/mol. The second-order valence-corrected chi connectivity index (χ2v) is 23.6. The van der Waals surface area contributed by atoms with E-state index in [0.29, 0.717) is 11.0 Å². The topological polar surface area (TPSA) is 636 Å². The Morgan fingerprint density at radius 2 is 0.494 bits per heavy atom. The van der Waals surface area contributed by atoms with E-state index >= 15 is 0 Å². The molecule has 0 radical (unpaired) electrons. The van der Waals surface area contributed by atoms with Crippen molar-refractivity contribution in [3.63, 3.8) is 0 Å². The summed E-state index contributed by atoms with van der Waals surface area (Å²) < 4.78 is 122. The average molecular weight is 1330 g/mol. The van der Waals surface area contributed by atoms with E-state index in [9.17, 15) is 76.4 Å². The number of aliphatic hydroxyl groups excluding tert-OH is 5. The van der Waals surface area contributed by atoms with Gasteiger partial charge in [-0.1, -0.05) is 0 Å². The molecule has 0 amide bonds. The van der Waals surface area contributed by atoms with E-state index in [1.807, 2.05) is 21.1 Å². The van der Waals surface area contributed by atoms with Gasteiger partial charge in [0, 0.05) is 34.6 Å². The molecule has 10 unspecified atom stereocenters. The number of ether oxygens (including phenoxy) is 5. The Kier molecular flexibility index (Phi) is 54.3. The summed E-state index contributed by atoms with van der Waals surface area (Å²) >= 11 is 0. The minimum atomic E-state index is -4.44. The molecule has 0 rings (SSSR count). The van der Waals surface area contributed by atoms with Crippen molar-refractivity contribution in [1.82, 2.24) is 0 Å². The lowest BCUT2D eigenvalue weighted by molar-refractivity contribution is -0.870. The van der Waals surface area contributed by atoms with Crippen molar-refractivity contribution in [3.05, 3.63) is 0 Å². The van der Waals surface area contributed by atoms with Gasteiger partial charge in [0.25, 0.3) is 39.1 Å². The van der Waals surface area contributed by atoms with Gasteiger partial charge in [-0.15, -0.1) is 0 Å².